The third kappa shape index (κ3) is 10.4. The topological polar surface area (TPSA) is 63.0 Å². The van der Waals surface area contributed by atoms with Crippen LogP contribution in [-0.2, 0) is 9.53 Å². The van der Waals surface area contributed by atoms with E-state index in [0.29, 0.717) is 18.8 Å². The molecular weight excluding hydrogens is 413 g/mol. The molecule has 1 atom stereocenters. The zero-order valence-electron chi connectivity index (χ0n) is 14.1. The lowest BCUT2D eigenvalue weighted by Crippen LogP contribution is -2.21. The van der Waals surface area contributed by atoms with E-state index in [1.165, 1.54) is 11.8 Å². The number of esters is 1. The predicted molar refractivity (Wildman–Crippen MR) is 115 cm³/mol. The van der Waals surface area contributed by atoms with Crippen molar-refractivity contribution in [3.63, 3.8) is 0 Å². The van der Waals surface area contributed by atoms with Crippen molar-refractivity contribution in [2.24, 2.45) is 0 Å². The van der Waals surface area contributed by atoms with Crippen LogP contribution in [-0.4, -0.2) is 37.3 Å². The quantitative estimate of drug-likeness (QED) is 0.215. The zero-order chi connectivity index (χ0) is 18.5. The van der Waals surface area contributed by atoms with E-state index in [9.17, 15) is 10.1 Å². The van der Waals surface area contributed by atoms with E-state index in [1.807, 2.05) is 32.0 Å². The molecule has 0 saturated carbocycles. The van der Waals surface area contributed by atoms with Gasteiger partial charge in [0, 0.05) is 18.4 Å². The third-order valence-electron chi connectivity index (χ3n) is 2.83. The van der Waals surface area contributed by atoms with Gasteiger partial charge in [-0.15, -0.1) is 11.8 Å². The molecule has 4 nitrogen and oxygen atoms in total. The van der Waals surface area contributed by atoms with Crippen molar-refractivity contribution in [1.82, 2.24) is 4.98 Å². The fourth-order valence-corrected chi connectivity index (χ4v) is 6.17. The van der Waals surface area contributed by atoms with Crippen LogP contribution in [0.1, 0.15) is 26.7 Å². The monoisotopic (exact) mass is 432 g/mol. The molecule has 1 aromatic heterocycles. The summed E-state index contributed by atoms with van der Waals surface area (Å²) in [5.41, 5.74) is 0. The molecule has 1 aromatic rings. The molecule has 0 amide bonds. The maximum atomic E-state index is 11.8. The molecule has 0 aliphatic rings. The number of nitrogens with zero attached hydrogens (tertiary/aromatic N) is 2. The fourth-order valence-electron chi connectivity index (χ4n) is 1.56. The number of pyridine rings is 1. The van der Waals surface area contributed by atoms with E-state index < -0.39 is 4.75 Å². The first-order valence-corrected chi connectivity index (χ1v) is 12.1. The van der Waals surface area contributed by atoms with Crippen LogP contribution in [0.2, 0.25) is 0 Å². The van der Waals surface area contributed by atoms with Crippen LogP contribution in [0.3, 0.4) is 0 Å². The first kappa shape index (κ1) is 22.6. The van der Waals surface area contributed by atoms with Crippen LogP contribution in [0.25, 0.3) is 0 Å². The Morgan fingerprint density at radius 1 is 1.48 bits per heavy atom. The normalized spacial score (nSPS) is 12.8. The Kier molecular flexibility index (Phi) is 11.7. The van der Waals surface area contributed by atoms with Gasteiger partial charge in [-0.05, 0) is 42.0 Å². The van der Waals surface area contributed by atoms with Crippen molar-refractivity contribution < 1.29 is 9.53 Å². The van der Waals surface area contributed by atoms with Crippen LogP contribution in [0, 0.1) is 11.3 Å². The number of hydrogen-bond donors (Lipinski definition) is 0. The summed E-state index contributed by atoms with van der Waals surface area (Å²) in [6.07, 6.45) is 2.39. The lowest BCUT2D eigenvalue weighted by molar-refractivity contribution is -0.143. The number of thiocarbonyl (C=S) groups is 1. The summed E-state index contributed by atoms with van der Waals surface area (Å²) < 4.78 is 5.27. The SMILES string of the molecule is CCSC(=S)S[C@](C)(C#N)CCC(=O)OCCSSc1ccccn1. The van der Waals surface area contributed by atoms with Gasteiger partial charge in [0.1, 0.15) is 19.9 Å². The van der Waals surface area contributed by atoms with Gasteiger partial charge in [0.15, 0.2) is 0 Å². The van der Waals surface area contributed by atoms with Gasteiger partial charge in [-0.25, -0.2) is 4.98 Å². The third-order valence-corrected chi connectivity index (χ3v) is 7.70. The van der Waals surface area contributed by atoms with Gasteiger partial charge in [-0.2, -0.15) is 5.26 Å². The van der Waals surface area contributed by atoms with Crippen molar-refractivity contribution in [2.45, 2.75) is 36.5 Å². The lowest BCUT2D eigenvalue weighted by Gasteiger charge is -2.20. The van der Waals surface area contributed by atoms with E-state index >= 15 is 0 Å². The summed E-state index contributed by atoms with van der Waals surface area (Å²) >= 11 is 8.13. The second-order valence-corrected chi connectivity index (χ2v) is 11.3. The molecule has 136 valence electrons. The molecule has 0 aromatic carbocycles. The Morgan fingerprint density at radius 2 is 2.28 bits per heavy atom. The number of carbonyl (C=O) groups is 1. The Hall–Kier alpha value is -0.400. The van der Waals surface area contributed by atoms with Gasteiger partial charge in [0.2, 0.25) is 0 Å². The van der Waals surface area contributed by atoms with Crippen molar-refractivity contribution >= 4 is 66.8 Å². The van der Waals surface area contributed by atoms with Gasteiger partial charge in [-0.3, -0.25) is 4.79 Å². The van der Waals surface area contributed by atoms with E-state index in [2.05, 4.69) is 11.1 Å². The largest absolute Gasteiger partial charge is 0.465 e. The highest BCUT2D eigenvalue weighted by Gasteiger charge is 2.28. The average molecular weight is 433 g/mol. The highest BCUT2D eigenvalue weighted by Crippen LogP contribution is 2.34. The molecule has 0 saturated heterocycles. The number of thioether (sulfide) groups is 2. The molecular formula is C16H20N2O2S5. The second kappa shape index (κ2) is 12.9. The molecule has 0 fully saturated rings. The summed E-state index contributed by atoms with van der Waals surface area (Å²) in [7, 11) is 3.15. The highest BCUT2D eigenvalue weighted by atomic mass is 33.1. The Morgan fingerprint density at radius 3 is 2.92 bits per heavy atom. The first-order valence-electron chi connectivity index (χ1n) is 7.62. The van der Waals surface area contributed by atoms with Crippen LogP contribution >= 0.6 is 57.3 Å². The Labute approximate surface area is 171 Å². The number of aromatic nitrogens is 1. The Bertz CT molecular complexity index is 594. The van der Waals surface area contributed by atoms with Gasteiger partial charge in [-0.1, -0.05) is 47.8 Å². The Balaban J connectivity index is 2.20. The summed E-state index contributed by atoms with van der Waals surface area (Å²) in [6, 6.07) is 8.00. The molecule has 0 aliphatic carbocycles. The van der Waals surface area contributed by atoms with Crippen LogP contribution in [0.4, 0.5) is 0 Å². The van der Waals surface area contributed by atoms with Gasteiger partial charge < -0.3 is 4.74 Å². The van der Waals surface area contributed by atoms with E-state index in [1.54, 1.807) is 39.5 Å². The van der Waals surface area contributed by atoms with Gasteiger partial charge in [0.05, 0.1) is 6.07 Å². The molecule has 0 N–H and O–H groups in total. The minimum Gasteiger partial charge on any atom is -0.465 e. The molecule has 0 aliphatic heterocycles. The van der Waals surface area contributed by atoms with Crippen molar-refractivity contribution in [2.75, 3.05) is 18.1 Å². The second-order valence-electron chi connectivity index (χ2n) is 4.92. The first-order chi connectivity index (χ1) is 12.0. The standard InChI is InChI=1S/C16H20N2O2S5/c1-3-22-15(21)24-16(2,12-17)8-7-14(19)20-10-11-23-25-13-6-4-5-9-18-13/h4-6,9H,3,7-8,10-11H2,1-2H3/t16-/m0/s1. The summed E-state index contributed by atoms with van der Waals surface area (Å²) in [5.74, 6) is 1.29. The molecule has 0 unspecified atom stereocenters. The maximum absolute atomic E-state index is 11.8. The maximum Gasteiger partial charge on any atom is 0.305 e. The number of ether oxygens (including phenoxy) is 1. The fraction of sp³-hybridized carbons (Fsp3) is 0.500. The average Bonchev–Trinajstić information content (AvgIpc) is 2.61. The number of nitriles is 1. The minimum absolute atomic E-state index is 0.217. The van der Waals surface area contributed by atoms with E-state index in [0.717, 1.165) is 14.3 Å². The van der Waals surface area contributed by atoms with Crippen molar-refractivity contribution in [3.05, 3.63) is 24.4 Å². The molecule has 9 heteroatoms. The molecule has 0 bridgehead atoms. The van der Waals surface area contributed by atoms with Crippen LogP contribution < -0.4 is 0 Å². The van der Waals surface area contributed by atoms with Crippen LogP contribution in [0.5, 0.6) is 0 Å². The molecule has 1 heterocycles. The van der Waals surface area contributed by atoms with Crippen molar-refractivity contribution in [3.8, 4) is 6.07 Å². The lowest BCUT2D eigenvalue weighted by atomic mass is 10.1. The number of carbonyl (C=O) groups excluding carboxylic acids is 1. The molecule has 0 spiro atoms. The summed E-state index contributed by atoms with van der Waals surface area (Å²) in [5, 5.41) is 10.3. The minimum atomic E-state index is -0.693. The molecule has 0 radical (unpaired) electrons. The summed E-state index contributed by atoms with van der Waals surface area (Å²) in [6.45, 7) is 4.18. The number of rotatable bonds is 10. The molecule has 1 rings (SSSR count). The van der Waals surface area contributed by atoms with Gasteiger partial charge >= 0.3 is 5.97 Å². The van der Waals surface area contributed by atoms with Gasteiger partial charge in [0.25, 0.3) is 0 Å². The van der Waals surface area contributed by atoms with Crippen molar-refractivity contribution in [1.29, 1.82) is 5.26 Å². The molecule has 25 heavy (non-hydrogen) atoms. The van der Waals surface area contributed by atoms with E-state index in [-0.39, 0.29) is 12.4 Å². The zero-order valence-corrected chi connectivity index (χ0v) is 18.2. The number of hydrogen-bond acceptors (Lipinski definition) is 9. The van der Waals surface area contributed by atoms with E-state index in [4.69, 9.17) is 17.0 Å². The van der Waals surface area contributed by atoms with Crippen LogP contribution in [0.15, 0.2) is 29.4 Å². The smallest absolute Gasteiger partial charge is 0.305 e. The summed E-state index contributed by atoms with van der Waals surface area (Å²) in [4.78, 5) is 16.0. The highest BCUT2D eigenvalue weighted by molar-refractivity contribution is 8.76. The predicted octanol–water partition coefficient (Wildman–Crippen LogP) is 5.20.